The van der Waals surface area contributed by atoms with E-state index in [0.29, 0.717) is 0 Å². The van der Waals surface area contributed by atoms with Crippen LogP contribution in [0.15, 0.2) is 29.4 Å². The highest BCUT2D eigenvalue weighted by molar-refractivity contribution is 7.92. The molecule has 1 unspecified atom stereocenters. The predicted octanol–water partition coefficient (Wildman–Crippen LogP) is 1.48. The van der Waals surface area contributed by atoms with Gasteiger partial charge >= 0.3 is 0 Å². The summed E-state index contributed by atoms with van der Waals surface area (Å²) in [5.41, 5.74) is 0. The summed E-state index contributed by atoms with van der Waals surface area (Å²) in [6.07, 6.45) is 2.90. The minimum Gasteiger partial charge on any atom is -0.265 e. The quantitative estimate of drug-likeness (QED) is 0.724. The predicted molar refractivity (Wildman–Crippen MR) is 51.6 cm³/mol. The first kappa shape index (κ1) is 10.5. The van der Waals surface area contributed by atoms with Gasteiger partial charge in [0.15, 0.2) is 9.84 Å². The van der Waals surface area contributed by atoms with E-state index in [0.717, 1.165) is 0 Å². The second-order valence-electron chi connectivity index (χ2n) is 2.69. The van der Waals surface area contributed by atoms with Crippen LogP contribution in [0.4, 0.5) is 0 Å². The Labute approximate surface area is 82.7 Å². The van der Waals surface area contributed by atoms with Crippen LogP contribution in [0.25, 0.3) is 0 Å². The van der Waals surface area contributed by atoms with Gasteiger partial charge in [0.25, 0.3) is 0 Å². The number of hydrogen-bond donors (Lipinski definition) is 0. The molecule has 0 aliphatic heterocycles. The Balaban J connectivity index is 3.09. The molecule has 5 heteroatoms. The molecular weight excluding hydrogens is 210 g/mol. The Morgan fingerprint density at radius 1 is 1.46 bits per heavy atom. The second kappa shape index (κ2) is 4.07. The molecule has 0 radical (unpaired) electrons. The van der Waals surface area contributed by atoms with Crippen LogP contribution in [-0.4, -0.2) is 24.5 Å². The first-order chi connectivity index (χ1) is 6.09. The fraction of sp³-hybridized carbons (Fsp3) is 0.375. The first-order valence-corrected chi connectivity index (χ1v) is 5.87. The molecule has 0 saturated heterocycles. The van der Waals surface area contributed by atoms with Crippen LogP contribution < -0.4 is 0 Å². The van der Waals surface area contributed by atoms with E-state index in [4.69, 9.17) is 11.6 Å². The maximum absolute atomic E-state index is 11.7. The zero-order valence-corrected chi connectivity index (χ0v) is 8.72. The fourth-order valence-electron chi connectivity index (χ4n) is 0.843. The van der Waals surface area contributed by atoms with E-state index in [1.807, 2.05) is 0 Å². The van der Waals surface area contributed by atoms with Crippen molar-refractivity contribution in [3.63, 3.8) is 0 Å². The summed E-state index contributed by atoms with van der Waals surface area (Å²) in [4.78, 5) is 4.02. The third kappa shape index (κ3) is 2.19. The Kier molecular flexibility index (Phi) is 3.27. The van der Waals surface area contributed by atoms with E-state index >= 15 is 0 Å². The van der Waals surface area contributed by atoms with E-state index in [9.17, 15) is 8.42 Å². The molecular formula is C8H10ClNO2S. The van der Waals surface area contributed by atoms with Crippen LogP contribution in [0.3, 0.4) is 0 Å². The van der Waals surface area contributed by atoms with Gasteiger partial charge in [-0.2, -0.15) is 0 Å². The number of sulfone groups is 1. The van der Waals surface area contributed by atoms with E-state index in [-0.39, 0.29) is 10.8 Å². The van der Waals surface area contributed by atoms with Gasteiger partial charge in [0, 0.05) is 18.3 Å². The molecule has 0 amide bonds. The lowest BCUT2D eigenvalue weighted by Crippen LogP contribution is -2.19. The number of pyridine rings is 1. The van der Waals surface area contributed by atoms with Crippen LogP contribution in [0, 0.1) is 0 Å². The average Bonchev–Trinajstić information content (AvgIpc) is 2.18. The van der Waals surface area contributed by atoms with Gasteiger partial charge in [-0.3, -0.25) is 4.98 Å². The van der Waals surface area contributed by atoms with Crippen LogP contribution >= 0.6 is 11.6 Å². The normalized spacial score (nSPS) is 14.0. The van der Waals surface area contributed by atoms with Crippen molar-refractivity contribution in [2.45, 2.75) is 17.1 Å². The minimum atomic E-state index is -3.26. The molecule has 0 saturated carbocycles. The molecule has 0 bridgehead atoms. The maximum Gasteiger partial charge on any atom is 0.182 e. The zero-order valence-electron chi connectivity index (χ0n) is 7.14. The Hall–Kier alpha value is -0.610. The van der Waals surface area contributed by atoms with E-state index in [1.165, 1.54) is 24.5 Å². The average molecular weight is 220 g/mol. The lowest BCUT2D eigenvalue weighted by Gasteiger charge is -2.08. The highest BCUT2D eigenvalue weighted by atomic mass is 35.5. The summed E-state index contributed by atoms with van der Waals surface area (Å²) in [6, 6.07) is 2.94. The summed E-state index contributed by atoms with van der Waals surface area (Å²) in [7, 11) is -3.26. The largest absolute Gasteiger partial charge is 0.265 e. The van der Waals surface area contributed by atoms with Crippen LogP contribution in [0.5, 0.6) is 0 Å². The van der Waals surface area contributed by atoms with Gasteiger partial charge in [0.05, 0.1) is 10.1 Å². The van der Waals surface area contributed by atoms with Crippen LogP contribution in [0.1, 0.15) is 6.92 Å². The standard InChI is InChI=1S/C8H10ClNO2S/c1-7(6-9)13(11,12)8-2-4-10-5-3-8/h2-5,7H,6H2,1H3. The summed E-state index contributed by atoms with van der Waals surface area (Å²) < 4.78 is 23.3. The Morgan fingerprint density at radius 2 is 2.00 bits per heavy atom. The second-order valence-corrected chi connectivity index (χ2v) is 5.37. The van der Waals surface area contributed by atoms with Crippen molar-refractivity contribution in [2.24, 2.45) is 0 Å². The Bertz CT molecular complexity index is 363. The topological polar surface area (TPSA) is 47.0 Å². The van der Waals surface area contributed by atoms with Gasteiger partial charge in [-0.1, -0.05) is 0 Å². The number of aromatic nitrogens is 1. The minimum absolute atomic E-state index is 0.102. The highest BCUT2D eigenvalue weighted by Gasteiger charge is 2.21. The van der Waals surface area contributed by atoms with Gasteiger partial charge in [-0.25, -0.2) is 8.42 Å². The number of alkyl halides is 1. The molecule has 1 atom stereocenters. The summed E-state index contributed by atoms with van der Waals surface area (Å²) in [6.45, 7) is 1.59. The molecule has 0 aromatic carbocycles. The van der Waals surface area contributed by atoms with Gasteiger partial charge < -0.3 is 0 Å². The molecule has 1 rings (SSSR count). The molecule has 0 fully saturated rings. The van der Waals surface area contributed by atoms with Crippen molar-refractivity contribution in [3.05, 3.63) is 24.5 Å². The molecule has 3 nitrogen and oxygen atoms in total. The number of hydrogen-bond acceptors (Lipinski definition) is 3. The molecule has 0 spiro atoms. The van der Waals surface area contributed by atoms with Crippen LogP contribution in [-0.2, 0) is 9.84 Å². The van der Waals surface area contributed by atoms with Gasteiger partial charge in [-0.15, -0.1) is 11.6 Å². The smallest absolute Gasteiger partial charge is 0.182 e. The summed E-state index contributed by atoms with van der Waals surface area (Å²) in [5, 5.41) is -0.559. The van der Waals surface area contributed by atoms with Crippen molar-refractivity contribution in [1.82, 2.24) is 4.98 Å². The first-order valence-electron chi connectivity index (χ1n) is 3.79. The van der Waals surface area contributed by atoms with Gasteiger partial charge in [0.1, 0.15) is 0 Å². The fourth-order valence-corrected chi connectivity index (χ4v) is 2.47. The zero-order chi connectivity index (χ0) is 9.90. The molecule has 1 aromatic rings. The van der Waals surface area contributed by atoms with Crippen molar-refractivity contribution < 1.29 is 8.42 Å². The Morgan fingerprint density at radius 3 is 2.46 bits per heavy atom. The SMILES string of the molecule is CC(CCl)S(=O)(=O)c1ccncc1. The van der Waals surface area contributed by atoms with Crippen molar-refractivity contribution in [2.75, 3.05) is 5.88 Å². The van der Waals surface area contributed by atoms with Crippen molar-refractivity contribution >= 4 is 21.4 Å². The van der Waals surface area contributed by atoms with Gasteiger partial charge in [-0.05, 0) is 19.1 Å². The monoisotopic (exact) mass is 219 g/mol. The third-order valence-corrected chi connectivity index (χ3v) is 4.53. The molecule has 0 aliphatic rings. The van der Waals surface area contributed by atoms with Crippen molar-refractivity contribution in [1.29, 1.82) is 0 Å². The molecule has 1 aromatic heterocycles. The molecule has 13 heavy (non-hydrogen) atoms. The summed E-state index contributed by atoms with van der Waals surface area (Å²) >= 11 is 5.49. The molecule has 72 valence electrons. The third-order valence-electron chi connectivity index (χ3n) is 1.73. The van der Waals surface area contributed by atoms with Crippen molar-refractivity contribution in [3.8, 4) is 0 Å². The van der Waals surface area contributed by atoms with Crippen LogP contribution in [0.2, 0.25) is 0 Å². The molecule has 0 N–H and O–H groups in total. The van der Waals surface area contributed by atoms with E-state index in [1.54, 1.807) is 6.92 Å². The maximum atomic E-state index is 11.7. The van der Waals surface area contributed by atoms with E-state index < -0.39 is 15.1 Å². The molecule has 0 aliphatic carbocycles. The molecule has 1 heterocycles. The number of rotatable bonds is 3. The van der Waals surface area contributed by atoms with E-state index in [2.05, 4.69) is 4.98 Å². The highest BCUT2D eigenvalue weighted by Crippen LogP contribution is 2.15. The number of halogens is 1. The lowest BCUT2D eigenvalue weighted by molar-refractivity contribution is 0.587. The lowest BCUT2D eigenvalue weighted by atomic mass is 10.5. The summed E-state index contributed by atoms with van der Waals surface area (Å²) in [5.74, 6) is 0.102. The van der Waals surface area contributed by atoms with Gasteiger partial charge in [0.2, 0.25) is 0 Å². The number of nitrogens with zero attached hydrogens (tertiary/aromatic N) is 1.